The first-order valence-corrected chi connectivity index (χ1v) is 5.10. The summed E-state index contributed by atoms with van der Waals surface area (Å²) in [6.45, 7) is 0. The zero-order valence-corrected chi connectivity index (χ0v) is 8.15. The lowest BCUT2D eigenvalue weighted by Gasteiger charge is -2.09. The van der Waals surface area contributed by atoms with Crippen LogP contribution in [0.15, 0.2) is 18.2 Å². The molecule has 1 aliphatic carbocycles. The highest BCUT2D eigenvalue weighted by molar-refractivity contribution is 6.30. The second-order valence-electron chi connectivity index (χ2n) is 3.65. The quantitative estimate of drug-likeness (QED) is 0.637. The van der Waals surface area contributed by atoms with Gasteiger partial charge in [-0.2, -0.15) is 0 Å². The molecule has 0 radical (unpaired) electrons. The van der Waals surface area contributed by atoms with E-state index in [0.29, 0.717) is 5.92 Å². The van der Waals surface area contributed by atoms with Crippen molar-refractivity contribution in [2.45, 2.75) is 31.6 Å². The molecule has 1 aromatic carbocycles. The van der Waals surface area contributed by atoms with Crippen molar-refractivity contribution in [2.75, 3.05) is 0 Å². The predicted octanol–water partition coefficient (Wildman–Crippen LogP) is 4.14. The van der Waals surface area contributed by atoms with Crippen molar-refractivity contribution in [2.24, 2.45) is 0 Å². The molecular formula is C11H12ClF. The van der Waals surface area contributed by atoms with Crippen LogP contribution in [0.2, 0.25) is 5.02 Å². The maximum Gasteiger partial charge on any atom is 0.142 e. The summed E-state index contributed by atoms with van der Waals surface area (Å²) >= 11 is 5.61. The van der Waals surface area contributed by atoms with E-state index in [1.807, 2.05) is 6.07 Å². The molecule has 2 rings (SSSR count). The van der Waals surface area contributed by atoms with E-state index in [4.69, 9.17) is 11.6 Å². The van der Waals surface area contributed by atoms with Gasteiger partial charge in [-0.1, -0.05) is 30.5 Å². The van der Waals surface area contributed by atoms with Crippen LogP contribution in [0.4, 0.5) is 4.39 Å². The Hall–Kier alpha value is -0.560. The van der Waals surface area contributed by atoms with Gasteiger partial charge < -0.3 is 0 Å². The van der Waals surface area contributed by atoms with Crippen molar-refractivity contribution in [3.05, 3.63) is 34.6 Å². The van der Waals surface area contributed by atoms with E-state index in [1.54, 1.807) is 12.1 Å². The van der Waals surface area contributed by atoms with Crippen LogP contribution in [0.5, 0.6) is 0 Å². The third-order valence-electron chi connectivity index (χ3n) is 2.77. The zero-order valence-electron chi connectivity index (χ0n) is 7.39. The fraction of sp³-hybridized carbons (Fsp3) is 0.455. The van der Waals surface area contributed by atoms with Crippen LogP contribution in [-0.2, 0) is 0 Å². The van der Waals surface area contributed by atoms with Crippen molar-refractivity contribution in [1.82, 2.24) is 0 Å². The number of halogens is 2. The first-order chi connectivity index (χ1) is 6.27. The van der Waals surface area contributed by atoms with Gasteiger partial charge in [-0.3, -0.25) is 0 Å². The monoisotopic (exact) mass is 198 g/mol. The van der Waals surface area contributed by atoms with Crippen molar-refractivity contribution in [3.63, 3.8) is 0 Å². The summed E-state index contributed by atoms with van der Waals surface area (Å²) in [6, 6.07) is 5.18. The fourth-order valence-electron chi connectivity index (χ4n) is 2.03. The van der Waals surface area contributed by atoms with Gasteiger partial charge in [-0.05, 0) is 36.5 Å². The standard InChI is InChI=1S/C11H12ClF/c12-10-6-5-9(7-11(10)13)8-3-1-2-4-8/h5-8H,1-4H2. The Labute approximate surface area is 82.7 Å². The third-order valence-corrected chi connectivity index (χ3v) is 3.08. The third kappa shape index (κ3) is 1.86. The van der Waals surface area contributed by atoms with Gasteiger partial charge in [0, 0.05) is 0 Å². The van der Waals surface area contributed by atoms with E-state index >= 15 is 0 Å². The first kappa shape index (κ1) is 9.01. The molecule has 0 heterocycles. The molecule has 13 heavy (non-hydrogen) atoms. The van der Waals surface area contributed by atoms with E-state index in [0.717, 1.165) is 5.56 Å². The number of rotatable bonds is 1. The fourth-order valence-corrected chi connectivity index (χ4v) is 2.14. The second-order valence-corrected chi connectivity index (χ2v) is 4.06. The Morgan fingerprint density at radius 3 is 2.54 bits per heavy atom. The van der Waals surface area contributed by atoms with E-state index < -0.39 is 0 Å². The van der Waals surface area contributed by atoms with E-state index in [2.05, 4.69) is 0 Å². The van der Waals surface area contributed by atoms with Crippen molar-refractivity contribution in [1.29, 1.82) is 0 Å². The molecular weight excluding hydrogens is 187 g/mol. The Bertz CT molecular complexity index is 303. The minimum absolute atomic E-state index is 0.224. The summed E-state index contributed by atoms with van der Waals surface area (Å²) in [5.74, 6) is 0.276. The Morgan fingerprint density at radius 1 is 1.23 bits per heavy atom. The lowest BCUT2D eigenvalue weighted by atomic mass is 9.98. The molecule has 70 valence electrons. The average molecular weight is 199 g/mol. The molecule has 1 aromatic rings. The molecule has 0 atom stereocenters. The first-order valence-electron chi connectivity index (χ1n) is 4.72. The highest BCUT2D eigenvalue weighted by atomic mass is 35.5. The minimum Gasteiger partial charge on any atom is -0.205 e. The molecule has 2 heteroatoms. The topological polar surface area (TPSA) is 0 Å². The van der Waals surface area contributed by atoms with E-state index in [-0.39, 0.29) is 10.8 Å². The Morgan fingerprint density at radius 2 is 1.92 bits per heavy atom. The van der Waals surface area contributed by atoms with Crippen molar-refractivity contribution < 1.29 is 4.39 Å². The van der Waals surface area contributed by atoms with Crippen molar-refractivity contribution >= 4 is 11.6 Å². The predicted molar refractivity (Wildman–Crippen MR) is 52.6 cm³/mol. The zero-order chi connectivity index (χ0) is 9.26. The summed E-state index contributed by atoms with van der Waals surface area (Å²) in [6.07, 6.45) is 4.94. The Balaban J connectivity index is 2.25. The van der Waals surface area contributed by atoms with Crippen LogP contribution in [0.3, 0.4) is 0 Å². The molecule has 0 aliphatic heterocycles. The molecule has 0 amide bonds. The van der Waals surface area contributed by atoms with Gasteiger partial charge in [-0.15, -0.1) is 0 Å². The highest BCUT2D eigenvalue weighted by Crippen LogP contribution is 2.34. The van der Waals surface area contributed by atoms with Crippen LogP contribution in [-0.4, -0.2) is 0 Å². The summed E-state index contributed by atoms with van der Waals surface area (Å²) in [4.78, 5) is 0. The largest absolute Gasteiger partial charge is 0.205 e. The lowest BCUT2D eigenvalue weighted by molar-refractivity contribution is 0.619. The molecule has 1 aliphatic rings. The SMILES string of the molecule is Fc1cc(C2CCCC2)ccc1Cl. The van der Waals surface area contributed by atoms with Crippen molar-refractivity contribution in [3.8, 4) is 0 Å². The molecule has 0 N–H and O–H groups in total. The molecule has 1 fully saturated rings. The molecule has 0 nitrogen and oxygen atoms in total. The van der Waals surface area contributed by atoms with Gasteiger partial charge in [0.1, 0.15) is 5.82 Å². The maximum atomic E-state index is 13.1. The summed E-state index contributed by atoms with van der Waals surface area (Å²) in [7, 11) is 0. The van der Waals surface area contributed by atoms with Gasteiger partial charge in [0.25, 0.3) is 0 Å². The van der Waals surface area contributed by atoms with Gasteiger partial charge >= 0.3 is 0 Å². The normalized spacial score (nSPS) is 18.0. The summed E-state index contributed by atoms with van der Waals surface area (Å²) in [5.41, 5.74) is 1.11. The average Bonchev–Trinajstić information content (AvgIpc) is 2.62. The van der Waals surface area contributed by atoms with Crippen LogP contribution in [0, 0.1) is 5.82 Å². The van der Waals surface area contributed by atoms with Crippen LogP contribution in [0.1, 0.15) is 37.2 Å². The van der Waals surface area contributed by atoms with Gasteiger partial charge in [0.05, 0.1) is 5.02 Å². The highest BCUT2D eigenvalue weighted by Gasteiger charge is 2.17. The summed E-state index contributed by atoms with van der Waals surface area (Å²) in [5, 5.41) is 0.224. The molecule has 0 aromatic heterocycles. The maximum absolute atomic E-state index is 13.1. The number of hydrogen-bond donors (Lipinski definition) is 0. The number of hydrogen-bond acceptors (Lipinski definition) is 0. The number of benzene rings is 1. The van der Waals surface area contributed by atoms with Crippen LogP contribution >= 0.6 is 11.6 Å². The van der Waals surface area contributed by atoms with Gasteiger partial charge in [0.2, 0.25) is 0 Å². The smallest absolute Gasteiger partial charge is 0.142 e. The molecule has 1 saturated carbocycles. The molecule has 0 saturated heterocycles. The minimum atomic E-state index is -0.286. The van der Waals surface area contributed by atoms with E-state index in [1.165, 1.54) is 25.7 Å². The molecule has 0 spiro atoms. The second kappa shape index (κ2) is 3.67. The van der Waals surface area contributed by atoms with Crippen LogP contribution in [0.25, 0.3) is 0 Å². The molecule has 0 unspecified atom stereocenters. The summed E-state index contributed by atoms with van der Waals surface area (Å²) < 4.78 is 13.1. The van der Waals surface area contributed by atoms with Gasteiger partial charge in [-0.25, -0.2) is 4.39 Å². The Kier molecular flexibility index (Phi) is 2.54. The molecule has 0 bridgehead atoms. The van der Waals surface area contributed by atoms with Gasteiger partial charge in [0.15, 0.2) is 0 Å². The van der Waals surface area contributed by atoms with E-state index in [9.17, 15) is 4.39 Å². The van der Waals surface area contributed by atoms with Crippen LogP contribution < -0.4 is 0 Å². The lowest BCUT2D eigenvalue weighted by Crippen LogP contribution is -1.92.